The lowest BCUT2D eigenvalue weighted by Crippen LogP contribution is -2.53. The number of nitrogens with zero attached hydrogens (tertiary/aromatic N) is 1. The molecule has 2 rings (SSSR count). The maximum absolute atomic E-state index is 5.50. The van der Waals surface area contributed by atoms with Gasteiger partial charge in [0.1, 0.15) is 5.75 Å². The number of likely N-dealkylation sites (N-methyl/N-ethyl adjacent to an activating group) is 1. The first-order chi connectivity index (χ1) is 9.16. The van der Waals surface area contributed by atoms with Crippen molar-refractivity contribution >= 4 is 0 Å². The fourth-order valence-electron chi connectivity index (χ4n) is 2.92. The van der Waals surface area contributed by atoms with Crippen LogP contribution in [0.4, 0.5) is 0 Å². The highest BCUT2D eigenvalue weighted by Crippen LogP contribution is 2.29. The summed E-state index contributed by atoms with van der Waals surface area (Å²) < 4.78 is 5.50. The van der Waals surface area contributed by atoms with Gasteiger partial charge >= 0.3 is 0 Å². The monoisotopic (exact) mass is 262 g/mol. The molecule has 0 radical (unpaired) electrons. The van der Waals surface area contributed by atoms with Gasteiger partial charge < -0.3 is 15.0 Å². The van der Waals surface area contributed by atoms with Crippen molar-refractivity contribution in [3.63, 3.8) is 0 Å². The Hall–Kier alpha value is -1.06. The molecule has 0 atom stereocenters. The Morgan fingerprint density at radius 3 is 2.32 bits per heavy atom. The second-order valence-electron chi connectivity index (χ2n) is 5.62. The van der Waals surface area contributed by atoms with Gasteiger partial charge in [-0.2, -0.15) is 0 Å². The molecular formula is C16H26N2O. The molecule has 1 heterocycles. The summed E-state index contributed by atoms with van der Waals surface area (Å²) in [6.45, 7) is 4.99. The van der Waals surface area contributed by atoms with Gasteiger partial charge in [0.25, 0.3) is 0 Å². The molecule has 0 spiro atoms. The van der Waals surface area contributed by atoms with Crippen molar-refractivity contribution < 1.29 is 4.74 Å². The van der Waals surface area contributed by atoms with Crippen LogP contribution in [0.2, 0.25) is 0 Å². The third kappa shape index (κ3) is 3.48. The smallest absolute Gasteiger partial charge is 0.119 e. The summed E-state index contributed by atoms with van der Waals surface area (Å²) in [5, 5.41) is 3.46. The summed E-state index contributed by atoms with van der Waals surface area (Å²) in [5.74, 6) is 0.968. The molecule has 1 N–H and O–H groups in total. The van der Waals surface area contributed by atoms with Crippen LogP contribution in [0.5, 0.6) is 5.75 Å². The number of ether oxygens (including phenoxy) is 1. The van der Waals surface area contributed by atoms with Gasteiger partial charge in [-0.25, -0.2) is 0 Å². The summed E-state index contributed by atoms with van der Waals surface area (Å²) in [5.41, 5.74) is 1.71. The first-order valence-electron chi connectivity index (χ1n) is 7.26. The van der Waals surface area contributed by atoms with E-state index in [1.807, 2.05) is 6.92 Å². The minimum atomic E-state index is 0.304. The SMILES string of the molecule is CCOc1ccc(CC2(N(C)C)CCNCC2)cc1. The molecule has 0 saturated carbocycles. The Labute approximate surface area is 116 Å². The number of nitrogens with one attached hydrogen (secondary N) is 1. The third-order valence-electron chi connectivity index (χ3n) is 4.25. The van der Waals surface area contributed by atoms with Gasteiger partial charge in [0, 0.05) is 5.54 Å². The van der Waals surface area contributed by atoms with E-state index in [-0.39, 0.29) is 0 Å². The Balaban J connectivity index is 2.08. The quantitative estimate of drug-likeness (QED) is 0.881. The standard InChI is InChI=1S/C16H26N2O/c1-4-19-15-7-5-14(6-8-15)13-16(18(2)3)9-11-17-12-10-16/h5-8,17H,4,9-13H2,1-3H3. The van der Waals surface area contributed by atoms with E-state index in [4.69, 9.17) is 4.74 Å². The van der Waals surface area contributed by atoms with Crippen LogP contribution in [0, 0.1) is 0 Å². The zero-order chi connectivity index (χ0) is 13.7. The molecule has 106 valence electrons. The van der Waals surface area contributed by atoms with Crippen LogP contribution < -0.4 is 10.1 Å². The summed E-state index contributed by atoms with van der Waals surface area (Å²) in [6, 6.07) is 8.59. The van der Waals surface area contributed by atoms with Crippen molar-refractivity contribution in [2.45, 2.75) is 31.7 Å². The van der Waals surface area contributed by atoms with Crippen LogP contribution in [0.15, 0.2) is 24.3 Å². The maximum Gasteiger partial charge on any atom is 0.119 e. The number of rotatable bonds is 5. The van der Waals surface area contributed by atoms with Gasteiger partial charge in [-0.15, -0.1) is 0 Å². The Morgan fingerprint density at radius 1 is 1.16 bits per heavy atom. The molecule has 0 aliphatic carbocycles. The highest BCUT2D eigenvalue weighted by atomic mass is 16.5. The largest absolute Gasteiger partial charge is 0.494 e. The van der Waals surface area contributed by atoms with E-state index in [1.54, 1.807) is 0 Å². The van der Waals surface area contributed by atoms with Gasteiger partial charge in [-0.3, -0.25) is 0 Å². The predicted molar refractivity (Wildman–Crippen MR) is 79.8 cm³/mol. The zero-order valence-corrected chi connectivity index (χ0v) is 12.4. The molecule has 1 aromatic rings. The van der Waals surface area contributed by atoms with Crippen molar-refractivity contribution in [3.05, 3.63) is 29.8 Å². The normalized spacial score (nSPS) is 18.5. The zero-order valence-electron chi connectivity index (χ0n) is 12.4. The van der Waals surface area contributed by atoms with Crippen LogP contribution in [0.25, 0.3) is 0 Å². The topological polar surface area (TPSA) is 24.5 Å². The molecule has 3 nitrogen and oxygen atoms in total. The van der Waals surface area contributed by atoms with E-state index in [9.17, 15) is 0 Å². The number of piperidine rings is 1. The van der Waals surface area contributed by atoms with Gasteiger partial charge in [0.05, 0.1) is 6.61 Å². The number of benzene rings is 1. The van der Waals surface area contributed by atoms with E-state index in [0.717, 1.165) is 31.9 Å². The van der Waals surface area contributed by atoms with Gasteiger partial charge in [-0.1, -0.05) is 12.1 Å². The Morgan fingerprint density at radius 2 is 1.79 bits per heavy atom. The fourth-order valence-corrected chi connectivity index (χ4v) is 2.92. The van der Waals surface area contributed by atoms with Crippen LogP contribution in [0.3, 0.4) is 0 Å². The van der Waals surface area contributed by atoms with E-state index < -0.39 is 0 Å². The average molecular weight is 262 g/mol. The summed E-state index contributed by atoms with van der Waals surface area (Å²) in [7, 11) is 4.42. The Kier molecular flexibility index (Phi) is 4.83. The van der Waals surface area contributed by atoms with Crippen molar-refractivity contribution in [1.29, 1.82) is 0 Å². The second kappa shape index (κ2) is 6.40. The van der Waals surface area contributed by atoms with Crippen molar-refractivity contribution in [2.75, 3.05) is 33.8 Å². The van der Waals surface area contributed by atoms with Crippen LogP contribution in [-0.2, 0) is 6.42 Å². The minimum absolute atomic E-state index is 0.304. The van der Waals surface area contributed by atoms with Crippen LogP contribution in [0.1, 0.15) is 25.3 Å². The molecule has 1 fully saturated rings. The first kappa shape index (κ1) is 14.4. The predicted octanol–water partition coefficient (Wildman–Crippen LogP) is 2.31. The molecule has 0 unspecified atom stereocenters. The first-order valence-corrected chi connectivity index (χ1v) is 7.26. The fraction of sp³-hybridized carbons (Fsp3) is 0.625. The maximum atomic E-state index is 5.50. The van der Waals surface area contributed by atoms with E-state index in [1.165, 1.54) is 18.4 Å². The van der Waals surface area contributed by atoms with Crippen molar-refractivity contribution in [1.82, 2.24) is 10.2 Å². The Bertz CT molecular complexity index is 380. The lowest BCUT2D eigenvalue weighted by Gasteiger charge is -2.43. The molecule has 1 aliphatic heterocycles. The second-order valence-corrected chi connectivity index (χ2v) is 5.62. The van der Waals surface area contributed by atoms with Gasteiger partial charge in [0.2, 0.25) is 0 Å². The molecule has 0 aromatic heterocycles. The van der Waals surface area contributed by atoms with Crippen molar-refractivity contribution in [2.24, 2.45) is 0 Å². The van der Waals surface area contributed by atoms with Gasteiger partial charge in [-0.05, 0) is 71.1 Å². The minimum Gasteiger partial charge on any atom is -0.494 e. The third-order valence-corrected chi connectivity index (χ3v) is 4.25. The highest BCUT2D eigenvalue weighted by Gasteiger charge is 2.34. The van der Waals surface area contributed by atoms with Gasteiger partial charge in [0.15, 0.2) is 0 Å². The summed E-state index contributed by atoms with van der Waals surface area (Å²) >= 11 is 0. The highest BCUT2D eigenvalue weighted by molar-refractivity contribution is 5.28. The lowest BCUT2D eigenvalue weighted by molar-refractivity contribution is 0.108. The molecule has 1 saturated heterocycles. The number of hydrogen-bond acceptors (Lipinski definition) is 3. The van der Waals surface area contributed by atoms with E-state index >= 15 is 0 Å². The van der Waals surface area contributed by atoms with Crippen LogP contribution >= 0.6 is 0 Å². The number of hydrogen-bond donors (Lipinski definition) is 1. The van der Waals surface area contributed by atoms with E-state index in [2.05, 4.69) is 48.6 Å². The molecular weight excluding hydrogens is 236 g/mol. The summed E-state index contributed by atoms with van der Waals surface area (Å²) in [4.78, 5) is 2.41. The lowest BCUT2D eigenvalue weighted by atomic mass is 9.81. The van der Waals surface area contributed by atoms with Crippen molar-refractivity contribution in [3.8, 4) is 5.75 Å². The molecule has 1 aliphatic rings. The van der Waals surface area contributed by atoms with Crippen LogP contribution in [-0.4, -0.2) is 44.2 Å². The average Bonchev–Trinajstić information content (AvgIpc) is 2.42. The molecule has 1 aromatic carbocycles. The molecule has 0 amide bonds. The van der Waals surface area contributed by atoms with E-state index in [0.29, 0.717) is 5.54 Å². The summed E-state index contributed by atoms with van der Waals surface area (Å²) in [6.07, 6.45) is 3.55. The molecule has 3 heteroatoms. The molecule has 19 heavy (non-hydrogen) atoms. The molecule has 0 bridgehead atoms.